The van der Waals surface area contributed by atoms with Crippen LogP contribution in [0.5, 0.6) is 0 Å². The topological polar surface area (TPSA) is 32.3 Å². The number of amides is 1. The lowest BCUT2D eigenvalue weighted by atomic mass is 9.85. The first-order chi connectivity index (χ1) is 9.91. The maximum Gasteiger partial charge on any atom is 0.241 e. The second kappa shape index (κ2) is 6.61. The Labute approximate surface area is 128 Å². The molecule has 1 fully saturated rings. The number of benzene rings is 1. The lowest BCUT2D eigenvalue weighted by Gasteiger charge is -2.33. The standard InChI is InChI=1S/C18H28N2O/c1-12(2)16(13(3)4)11-20-17(19-14(5)18(20)21)15-9-7-6-8-10-15/h6-10,12-14,16-17,19H,11H2,1-5H3. The number of rotatable bonds is 5. The van der Waals surface area contributed by atoms with Crippen molar-refractivity contribution in [3.63, 3.8) is 0 Å². The van der Waals surface area contributed by atoms with Crippen LogP contribution in [0.25, 0.3) is 0 Å². The van der Waals surface area contributed by atoms with E-state index in [1.807, 2.05) is 30.0 Å². The minimum Gasteiger partial charge on any atom is -0.321 e. The summed E-state index contributed by atoms with van der Waals surface area (Å²) in [5, 5.41) is 3.43. The molecule has 1 N–H and O–H groups in total. The van der Waals surface area contributed by atoms with Crippen LogP contribution in [0.15, 0.2) is 30.3 Å². The molecule has 21 heavy (non-hydrogen) atoms. The Kier molecular flexibility index (Phi) is 5.04. The van der Waals surface area contributed by atoms with Gasteiger partial charge in [-0.05, 0) is 30.2 Å². The molecular weight excluding hydrogens is 260 g/mol. The lowest BCUT2D eigenvalue weighted by Crippen LogP contribution is -2.38. The van der Waals surface area contributed by atoms with E-state index in [1.54, 1.807) is 0 Å². The third-order valence-corrected chi connectivity index (χ3v) is 4.61. The molecule has 0 aromatic heterocycles. The molecule has 1 aromatic rings. The third kappa shape index (κ3) is 3.46. The van der Waals surface area contributed by atoms with Crippen molar-refractivity contribution in [1.82, 2.24) is 10.2 Å². The minimum atomic E-state index is -0.102. The summed E-state index contributed by atoms with van der Waals surface area (Å²) in [5.41, 5.74) is 1.17. The maximum absolute atomic E-state index is 12.5. The highest BCUT2D eigenvalue weighted by molar-refractivity contribution is 5.84. The minimum absolute atomic E-state index is 0.00806. The second-order valence-electron chi connectivity index (χ2n) is 6.84. The molecule has 1 aliphatic heterocycles. The summed E-state index contributed by atoms with van der Waals surface area (Å²) >= 11 is 0. The Bertz CT molecular complexity index is 461. The van der Waals surface area contributed by atoms with E-state index in [2.05, 4.69) is 45.1 Å². The molecule has 3 heteroatoms. The lowest BCUT2D eigenvalue weighted by molar-refractivity contribution is -0.130. The van der Waals surface area contributed by atoms with Gasteiger partial charge in [0.15, 0.2) is 0 Å². The van der Waals surface area contributed by atoms with Crippen LogP contribution >= 0.6 is 0 Å². The van der Waals surface area contributed by atoms with E-state index in [9.17, 15) is 4.79 Å². The zero-order valence-corrected chi connectivity index (χ0v) is 13.8. The highest BCUT2D eigenvalue weighted by atomic mass is 16.2. The zero-order chi connectivity index (χ0) is 15.6. The first-order valence-corrected chi connectivity index (χ1v) is 8.03. The van der Waals surface area contributed by atoms with Gasteiger partial charge in [0.1, 0.15) is 6.17 Å². The highest BCUT2D eigenvalue weighted by Gasteiger charge is 2.38. The van der Waals surface area contributed by atoms with Crippen LogP contribution in [0, 0.1) is 17.8 Å². The predicted octanol–water partition coefficient (Wildman–Crippen LogP) is 3.43. The van der Waals surface area contributed by atoms with Gasteiger partial charge in [-0.15, -0.1) is 0 Å². The molecular formula is C18H28N2O. The van der Waals surface area contributed by atoms with E-state index in [0.29, 0.717) is 17.8 Å². The molecule has 0 saturated carbocycles. The monoisotopic (exact) mass is 288 g/mol. The molecule has 1 aromatic carbocycles. The number of nitrogens with one attached hydrogen (secondary N) is 1. The van der Waals surface area contributed by atoms with Crippen molar-refractivity contribution in [3.05, 3.63) is 35.9 Å². The van der Waals surface area contributed by atoms with Gasteiger partial charge in [0.2, 0.25) is 5.91 Å². The predicted molar refractivity (Wildman–Crippen MR) is 86.7 cm³/mol. The fraction of sp³-hybridized carbons (Fsp3) is 0.611. The second-order valence-corrected chi connectivity index (χ2v) is 6.84. The molecule has 0 aliphatic carbocycles. The smallest absolute Gasteiger partial charge is 0.241 e. The first-order valence-electron chi connectivity index (χ1n) is 8.03. The van der Waals surface area contributed by atoms with Crippen LogP contribution < -0.4 is 5.32 Å². The maximum atomic E-state index is 12.5. The molecule has 2 atom stereocenters. The van der Waals surface area contributed by atoms with Gasteiger partial charge in [-0.3, -0.25) is 10.1 Å². The summed E-state index contributed by atoms with van der Waals surface area (Å²) in [6, 6.07) is 10.2. The molecule has 1 heterocycles. The SMILES string of the molecule is CC1NC(c2ccccc2)N(CC(C(C)C)C(C)C)C1=O. The van der Waals surface area contributed by atoms with E-state index >= 15 is 0 Å². The van der Waals surface area contributed by atoms with E-state index in [0.717, 1.165) is 6.54 Å². The van der Waals surface area contributed by atoms with Crippen LogP contribution in [0.4, 0.5) is 0 Å². The van der Waals surface area contributed by atoms with Gasteiger partial charge < -0.3 is 4.90 Å². The zero-order valence-electron chi connectivity index (χ0n) is 13.8. The normalized spacial score (nSPS) is 22.9. The number of carbonyl (C=O) groups excluding carboxylic acids is 1. The summed E-state index contributed by atoms with van der Waals surface area (Å²) in [6.07, 6.45) is 0.00806. The quantitative estimate of drug-likeness (QED) is 0.900. The molecule has 0 radical (unpaired) electrons. The van der Waals surface area contributed by atoms with Crippen molar-refractivity contribution in [2.75, 3.05) is 6.54 Å². The van der Waals surface area contributed by atoms with E-state index in [4.69, 9.17) is 0 Å². The Balaban J connectivity index is 2.23. The van der Waals surface area contributed by atoms with E-state index in [-0.39, 0.29) is 18.1 Å². The molecule has 0 bridgehead atoms. The number of hydrogen-bond acceptors (Lipinski definition) is 2. The summed E-state index contributed by atoms with van der Waals surface area (Å²) < 4.78 is 0. The van der Waals surface area contributed by atoms with Crippen molar-refractivity contribution in [2.24, 2.45) is 17.8 Å². The molecule has 1 aliphatic rings. The van der Waals surface area contributed by atoms with Crippen LogP contribution in [0.2, 0.25) is 0 Å². The summed E-state index contributed by atoms with van der Waals surface area (Å²) in [6.45, 7) is 11.8. The van der Waals surface area contributed by atoms with Gasteiger partial charge >= 0.3 is 0 Å². The highest BCUT2D eigenvalue weighted by Crippen LogP contribution is 2.30. The largest absolute Gasteiger partial charge is 0.321 e. The molecule has 2 rings (SSSR count). The molecule has 3 nitrogen and oxygen atoms in total. The Morgan fingerprint density at radius 1 is 1.10 bits per heavy atom. The van der Waals surface area contributed by atoms with Crippen molar-refractivity contribution in [2.45, 2.75) is 46.8 Å². The van der Waals surface area contributed by atoms with Crippen LogP contribution in [-0.4, -0.2) is 23.4 Å². The van der Waals surface area contributed by atoms with Crippen molar-refractivity contribution < 1.29 is 4.79 Å². The summed E-state index contributed by atoms with van der Waals surface area (Å²) in [4.78, 5) is 14.6. The van der Waals surface area contributed by atoms with Crippen molar-refractivity contribution in [1.29, 1.82) is 0 Å². The average molecular weight is 288 g/mol. The molecule has 1 saturated heterocycles. The number of nitrogens with zero attached hydrogens (tertiary/aromatic N) is 1. The fourth-order valence-corrected chi connectivity index (χ4v) is 3.30. The Hall–Kier alpha value is -1.35. The Morgan fingerprint density at radius 2 is 1.67 bits per heavy atom. The van der Waals surface area contributed by atoms with Gasteiger partial charge in [-0.25, -0.2) is 0 Å². The van der Waals surface area contributed by atoms with Gasteiger partial charge in [-0.2, -0.15) is 0 Å². The van der Waals surface area contributed by atoms with Crippen LogP contribution in [-0.2, 0) is 4.79 Å². The van der Waals surface area contributed by atoms with Crippen LogP contribution in [0.3, 0.4) is 0 Å². The summed E-state index contributed by atoms with van der Waals surface area (Å²) in [7, 11) is 0. The van der Waals surface area contributed by atoms with E-state index in [1.165, 1.54) is 5.56 Å². The third-order valence-electron chi connectivity index (χ3n) is 4.61. The van der Waals surface area contributed by atoms with Gasteiger partial charge in [-0.1, -0.05) is 58.0 Å². The average Bonchev–Trinajstić information content (AvgIpc) is 2.72. The molecule has 116 valence electrons. The molecule has 2 unspecified atom stereocenters. The molecule has 1 amide bonds. The fourth-order valence-electron chi connectivity index (χ4n) is 3.30. The van der Waals surface area contributed by atoms with Crippen molar-refractivity contribution in [3.8, 4) is 0 Å². The van der Waals surface area contributed by atoms with Gasteiger partial charge in [0.05, 0.1) is 6.04 Å². The van der Waals surface area contributed by atoms with Gasteiger partial charge in [0.25, 0.3) is 0 Å². The van der Waals surface area contributed by atoms with Crippen LogP contribution in [0.1, 0.15) is 46.3 Å². The molecule has 0 spiro atoms. The number of hydrogen-bond donors (Lipinski definition) is 1. The summed E-state index contributed by atoms with van der Waals surface area (Å²) in [5.74, 6) is 1.89. The first kappa shape index (κ1) is 16.0. The Morgan fingerprint density at radius 3 is 2.19 bits per heavy atom. The number of carbonyl (C=O) groups is 1. The van der Waals surface area contributed by atoms with E-state index < -0.39 is 0 Å². The van der Waals surface area contributed by atoms with Gasteiger partial charge in [0, 0.05) is 6.54 Å². The van der Waals surface area contributed by atoms with Crippen molar-refractivity contribution >= 4 is 5.91 Å².